The minimum absolute atomic E-state index is 0.0386. The molecular formula is C14H18BrN3O2. The van der Waals surface area contributed by atoms with E-state index < -0.39 is 0 Å². The van der Waals surface area contributed by atoms with Crippen molar-refractivity contribution in [3.05, 3.63) is 22.4 Å². The zero-order valence-corrected chi connectivity index (χ0v) is 13.1. The van der Waals surface area contributed by atoms with Gasteiger partial charge in [-0.15, -0.1) is 0 Å². The molecule has 3 rings (SSSR count). The van der Waals surface area contributed by atoms with Gasteiger partial charge in [0.15, 0.2) is 0 Å². The Bertz CT molecular complexity index is 543. The SMILES string of the molecule is Cn1cc(Br)cc1C(=O)N1CCN(C(=O)C2CC2)CC1. The Morgan fingerprint density at radius 1 is 1.15 bits per heavy atom. The lowest BCUT2D eigenvalue weighted by Gasteiger charge is -2.35. The van der Waals surface area contributed by atoms with Crippen LogP contribution in [0.15, 0.2) is 16.7 Å². The summed E-state index contributed by atoms with van der Waals surface area (Å²) in [6.07, 6.45) is 3.95. The molecule has 20 heavy (non-hydrogen) atoms. The van der Waals surface area contributed by atoms with Crippen molar-refractivity contribution in [2.24, 2.45) is 13.0 Å². The Kier molecular flexibility index (Phi) is 3.58. The molecule has 108 valence electrons. The van der Waals surface area contributed by atoms with Crippen molar-refractivity contribution in [2.45, 2.75) is 12.8 Å². The summed E-state index contributed by atoms with van der Waals surface area (Å²) < 4.78 is 2.74. The second-order valence-corrected chi connectivity index (χ2v) is 6.46. The Morgan fingerprint density at radius 3 is 2.25 bits per heavy atom. The van der Waals surface area contributed by atoms with Crippen LogP contribution in [-0.2, 0) is 11.8 Å². The van der Waals surface area contributed by atoms with Crippen LogP contribution in [0.3, 0.4) is 0 Å². The molecule has 2 amide bonds. The van der Waals surface area contributed by atoms with Crippen molar-refractivity contribution < 1.29 is 9.59 Å². The summed E-state index contributed by atoms with van der Waals surface area (Å²) in [6.45, 7) is 2.57. The number of aryl methyl sites for hydroxylation is 1. The highest BCUT2D eigenvalue weighted by Crippen LogP contribution is 2.31. The quantitative estimate of drug-likeness (QED) is 0.819. The van der Waals surface area contributed by atoms with Gasteiger partial charge in [0.25, 0.3) is 5.91 Å². The van der Waals surface area contributed by atoms with Gasteiger partial charge < -0.3 is 14.4 Å². The number of carbonyl (C=O) groups is 2. The number of piperazine rings is 1. The van der Waals surface area contributed by atoms with E-state index in [9.17, 15) is 9.59 Å². The van der Waals surface area contributed by atoms with E-state index in [1.54, 1.807) is 0 Å². The number of rotatable bonds is 2. The average Bonchev–Trinajstić information content (AvgIpc) is 3.23. The fraction of sp³-hybridized carbons (Fsp3) is 0.571. The summed E-state index contributed by atoms with van der Waals surface area (Å²) in [5.41, 5.74) is 0.679. The highest BCUT2D eigenvalue weighted by Gasteiger charge is 2.35. The van der Waals surface area contributed by atoms with E-state index >= 15 is 0 Å². The van der Waals surface area contributed by atoms with Crippen LogP contribution < -0.4 is 0 Å². The predicted octanol–water partition coefficient (Wildman–Crippen LogP) is 1.48. The van der Waals surface area contributed by atoms with Crippen LogP contribution in [0.25, 0.3) is 0 Å². The monoisotopic (exact) mass is 339 g/mol. The Balaban J connectivity index is 1.61. The van der Waals surface area contributed by atoms with Crippen molar-refractivity contribution >= 4 is 27.7 Å². The van der Waals surface area contributed by atoms with Crippen LogP contribution in [0.2, 0.25) is 0 Å². The maximum Gasteiger partial charge on any atom is 0.270 e. The standard InChI is InChI=1S/C14H18BrN3O2/c1-16-9-11(15)8-12(16)14(20)18-6-4-17(5-7-18)13(19)10-2-3-10/h8-10H,2-7H2,1H3. The third kappa shape index (κ3) is 2.61. The molecule has 0 unspecified atom stereocenters. The summed E-state index contributed by atoms with van der Waals surface area (Å²) in [5.74, 6) is 0.580. The molecule has 1 saturated heterocycles. The molecule has 2 fully saturated rings. The molecule has 0 N–H and O–H groups in total. The molecule has 1 aromatic rings. The first-order valence-electron chi connectivity index (χ1n) is 6.96. The largest absolute Gasteiger partial charge is 0.345 e. The molecule has 1 aromatic heterocycles. The maximum absolute atomic E-state index is 12.4. The summed E-state index contributed by atoms with van der Waals surface area (Å²) in [5, 5.41) is 0. The Hall–Kier alpha value is -1.30. The average molecular weight is 340 g/mol. The van der Waals surface area contributed by atoms with Gasteiger partial charge in [-0.2, -0.15) is 0 Å². The second kappa shape index (κ2) is 5.24. The number of hydrogen-bond acceptors (Lipinski definition) is 2. The molecule has 0 bridgehead atoms. The highest BCUT2D eigenvalue weighted by molar-refractivity contribution is 9.10. The van der Waals surface area contributed by atoms with Crippen molar-refractivity contribution in [3.63, 3.8) is 0 Å². The Morgan fingerprint density at radius 2 is 1.75 bits per heavy atom. The normalized spacial score (nSPS) is 19.3. The van der Waals surface area contributed by atoms with Crippen molar-refractivity contribution in [1.82, 2.24) is 14.4 Å². The minimum atomic E-state index is 0.0386. The number of amides is 2. The van der Waals surface area contributed by atoms with Crippen LogP contribution in [0.4, 0.5) is 0 Å². The minimum Gasteiger partial charge on any atom is -0.345 e. The van der Waals surface area contributed by atoms with Crippen LogP contribution in [0, 0.1) is 5.92 Å². The number of aromatic nitrogens is 1. The lowest BCUT2D eigenvalue weighted by atomic mass is 10.2. The molecule has 2 aliphatic rings. The zero-order chi connectivity index (χ0) is 14.3. The van der Waals surface area contributed by atoms with Gasteiger partial charge in [-0.1, -0.05) is 0 Å². The smallest absolute Gasteiger partial charge is 0.270 e. The van der Waals surface area contributed by atoms with E-state index in [1.165, 1.54) is 0 Å². The maximum atomic E-state index is 12.4. The fourth-order valence-corrected chi connectivity index (χ4v) is 3.14. The van der Waals surface area contributed by atoms with Gasteiger partial charge in [0.1, 0.15) is 5.69 Å². The van der Waals surface area contributed by atoms with E-state index in [0.717, 1.165) is 17.3 Å². The first-order valence-corrected chi connectivity index (χ1v) is 7.75. The van der Waals surface area contributed by atoms with Crippen LogP contribution in [0.1, 0.15) is 23.3 Å². The molecule has 0 radical (unpaired) electrons. The van der Waals surface area contributed by atoms with Crippen molar-refractivity contribution in [2.75, 3.05) is 26.2 Å². The predicted molar refractivity (Wildman–Crippen MR) is 78.3 cm³/mol. The van der Waals surface area contributed by atoms with Crippen LogP contribution in [0.5, 0.6) is 0 Å². The van der Waals surface area contributed by atoms with Gasteiger partial charge >= 0.3 is 0 Å². The van der Waals surface area contributed by atoms with Gasteiger partial charge in [-0.05, 0) is 34.8 Å². The van der Waals surface area contributed by atoms with Crippen molar-refractivity contribution in [1.29, 1.82) is 0 Å². The topological polar surface area (TPSA) is 45.6 Å². The molecule has 1 aliphatic carbocycles. The van der Waals surface area contributed by atoms with E-state index in [0.29, 0.717) is 31.9 Å². The van der Waals surface area contributed by atoms with Gasteiger partial charge in [-0.3, -0.25) is 9.59 Å². The third-order valence-electron chi connectivity index (χ3n) is 4.00. The van der Waals surface area contributed by atoms with E-state index in [-0.39, 0.29) is 17.7 Å². The summed E-state index contributed by atoms with van der Waals surface area (Å²) in [7, 11) is 1.87. The molecule has 0 spiro atoms. The van der Waals surface area contributed by atoms with Gasteiger partial charge in [-0.25, -0.2) is 0 Å². The molecule has 0 atom stereocenters. The molecule has 6 heteroatoms. The van der Waals surface area contributed by atoms with E-state index in [2.05, 4.69) is 15.9 Å². The number of halogens is 1. The van der Waals surface area contributed by atoms with Crippen LogP contribution >= 0.6 is 15.9 Å². The molecule has 5 nitrogen and oxygen atoms in total. The molecule has 1 aliphatic heterocycles. The Labute approximate surface area is 126 Å². The van der Waals surface area contributed by atoms with E-state index in [4.69, 9.17) is 0 Å². The first-order chi connectivity index (χ1) is 9.56. The number of carbonyl (C=O) groups excluding carboxylic acids is 2. The summed E-state index contributed by atoms with van der Waals surface area (Å²) in [6, 6.07) is 1.84. The lowest BCUT2D eigenvalue weighted by Crippen LogP contribution is -2.51. The molecule has 2 heterocycles. The second-order valence-electron chi connectivity index (χ2n) is 5.55. The van der Waals surface area contributed by atoms with Gasteiger partial charge in [0, 0.05) is 49.8 Å². The number of hydrogen-bond donors (Lipinski definition) is 0. The van der Waals surface area contributed by atoms with Gasteiger partial charge in [0.05, 0.1) is 0 Å². The lowest BCUT2D eigenvalue weighted by molar-refractivity contribution is -0.134. The zero-order valence-electron chi connectivity index (χ0n) is 11.5. The van der Waals surface area contributed by atoms with E-state index in [1.807, 2.05) is 33.7 Å². The van der Waals surface area contributed by atoms with Crippen molar-refractivity contribution in [3.8, 4) is 0 Å². The summed E-state index contributed by atoms with van der Waals surface area (Å²) >= 11 is 3.38. The molecular weight excluding hydrogens is 322 g/mol. The third-order valence-corrected chi connectivity index (χ3v) is 4.43. The highest BCUT2D eigenvalue weighted by atomic mass is 79.9. The van der Waals surface area contributed by atoms with Gasteiger partial charge in [0.2, 0.25) is 5.91 Å². The van der Waals surface area contributed by atoms with Crippen LogP contribution in [-0.4, -0.2) is 52.4 Å². The molecule has 0 aromatic carbocycles. The first kappa shape index (κ1) is 13.7. The fourth-order valence-electron chi connectivity index (χ4n) is 2.62. The number of nitrogens with zero attached hydrogens (tertiary/aromatic N) is 3. The summed E-state index contributed by atoms with van der Waals surface area (Å²) in [4.78, 5) is 28.2. The molecule has 1 saturated carbocycles.